The predicted octanol–water partition coefficient (Wildman–Crippen LogP) is 2.47. The van der Waals surface area contributed by atoms with Gasteiger partial charge in [-0.25, -0.2) is 4.39 Å². The van der Waals surface area contributed by atoms with Gasteiger partial charge < -0.3 is 5.11 Å². The minimum Gasteiger partial charge on any atom is -0.481 e. The van der Waals surface area contributed by atoms with Crippen LogP contribution in [0.3, 0.4) is 0 Å². The number of likely N-dealkylation sites (tertiary alicyclic amines) is 1. The van der Waals surface area contributed by atoms with Gasteiger partial charge in [-0.1, -0.05) is 13.0 Å². The van der Waals surface area contributed by atoms with Gasteiger partial charge in [0.1, 0.15) is 5.82 Å². The summed E-state index contributed by atoms with van der Waals surface area (Å²) in [6.07, 6.45) is 1.86. The molecule has 2 aliphatic rings. The van der Waals surface area contributed by atoms with E-state index in [-0.39, 0.29) is 23.7 Å². The highest BCUT2D eigenvalue weighted by Gasteiger charge is 2.39. The Labute approximate surface area is 112 Å². The summed E-state index contributed by atoms with van der Waals surface area (Å²) >= 11 is 0. The Balaban J connectivity index is 1.81. The zero-order valence-corrected chi connectivity index (χ0v) is 11.0. The third-order valence-electron chi connectivity index (χ3n) is 4.55. The number of hydrogen-bond acceptors (Lipinski definition) is 2. The van der Waals surface area contributed by atoms with Gasteiger partial charge in [0.15, 0.2) is 0 Å². The van der Waals surface area contributed by atoms with Gasteiger partial charge in [-0.2, -0.15) is 0 Å². The van der Waals surface area contributed by atoms with Gasteiger partial charge in [-0.05, 0) is 42.0 Å². The monoisotopic (exact) mass is 263 g/mol. The van der Waals surface area contributed by atoms with Crippen LogP contribution in [0.4, 0.5) is 4.39 Å². The molecule has 1 aliphatic heterocycles. The highest BCUT2D eigenvalue weighted by atomic mass is 19.1. The number of aliphatic carboxylic acids is 1. The summed E-state index contributed by atoms with van der Waals surface area (Å²) < 4.78 is 13.2. The first kappa shape index (κ1) is 12.6. The van der Waals surface area contributed by atoms with Gasteiger partial charge in [0, 0.05) is 19.1 Å². The molecule has 1 fully saturated rings. The number of aryl methyl sites for hydroxylation is 1. The van der Waals surface area contributed by atoms with Gasteiger partial charge in [0.05, 0.1) is 5.92 Å². The second kappa shape index (κ2) is 4.60. The van der Waals surface area contributed by atoms with E-state index in [0.29, 0.717) is 6.54 Å². The number of nitrogens with zero attached hydrogens (tertiary/aromatic N) is 1. The lowest BCUT2D eigenvalue weighted by Crippen LogP contribution is -2.26. The standard InChI is InChI=1S/C15H18FNO2/c1-9-7-17(8-13(9)15(18)19)14-5-2-10-6-11(16)3-4-12(10)14/h3-4,6,9,13-14H,2,5,7-8H2,1H3,(H,18,19). The molecular formula is C15H18FNO2. The SMILES string of the molecule is CC1CN(C2CCc3cc(F)ccc32)CC1C(=O)O. The third kappa shape index (κ3) is 2.14. The Morgan fingerprint density at radius 2 is 2.21 bits per heavy atom. The number of rotatable bonds is 2. The molecule has 4 heteroatoms. The fraction of sp³-hybridized carbons (Fsp3) is 0.533. The highest BCUT2D eigenvalue weighted by Crippen LogP contribution is 2.39. The molecule has 1 heterocycles. The third-order valence-corrected chi connectivity index (χ3v) is 4.55. The van der Waals surface area contributed by atoms with Gasteiger partial charge in [-0.15, -0.1) is 0 Å². The van der Waals surface area contributed by atoms with Crippen LogP contribution in [0.1, 0.15) is 30.5 Å². The largest absolute Gasteiger partial charge is 0.481 e. The van der Waals surface area contributed by atoms with Crippen LogP contribution in [0.5, 0.6) is 0 Å². The molecule has 3 unspecified atom stereocenters. The number of benzene rings is 1. The molecule has 1 saturated heterocycles. The maximum Gasteiger partial charge on any atom is 0.308 e. The molecule has 3 atom stereocenters. The lowest BCUT2D eigenvalue weighted by Gasteiger charge is -2.24. The highest BCUT2D eigenvalue weighted by molar-refractivity contribution is 5.71. The van der Waals surface area contributed by atoms with Crippen LogP contribution >= 0.6 is 0 Å². The van der Waals surface area contributed by atoms with Crippen LogP contribution < -0.4 is 0 Å². The Morgan fingerprint density at radius 3 is 2.89 bits per heavy atom. The molecule has 1 aliphatic carbocycles. The first-order valence-electron chi connectivity index (χ1n) is 6.81. The molecular weight excluding hydrogens is 245 g/mol. The van der Waals surface area contributed by atoms with Crippen LogP contribution in [0.2, 0.25) is 0 Å². The van der Waals surface area contributed by atoms with E-state index in [9.17, 15) is 14.3 Å². The lowest BCUT2D eigenvalue weighted by atomic mass is 9.99. The molecule has 0 amide bonds. The van der Waals surface area contributed by atoms with E-state index in [1.54, 1.807) is 6.07 Å². The fourth-order valence-corrected chi connectivity index (χ4v) is 3.52. The van der Waals surface area contributed by atoms with Gasteiger partial charge in [-0.3, -0.25) is 9.69 Å². The van der Waals surface area contributed by atoms with Crippen molar-refractivity contribution in [3.05, 3.63) is 35.1 Å². The van der Waals surface area contributed by atoms with Crippen molar-refractivity contribution < 1.29 is 14.3 Å². The fourth-order valence-electron chi connectivity index (χ4n) is 3.52. The minimum absolute atomic E-state index is 0.182. The number of carbonyl (C=O) groups is 1. The number of carboxylic acid groups (broad SMARTS) is 1. The number of carboxylic acids is 1. The van der Waals surface area contributed by atoms with E-state index in [4.69, 9.17) is 0 Å². The molecule has 0 bridgehead atoms. The summed E-state index contributed by atoms with van der Waals surface area (Å²) in [6, 6.07) is 5.25. The normalized spacial score (nSPS) is 30.5. The van der Waals surface area contributed by atoms with Gasteiger partial charge >= 0.3 is 5.97 Å². The Morgan fingerprint density at radius 1 is 1.42 bits per heavy atom. The molecule has 3 nitrogen and oxygen atoms in total. The van der Waals surface area contributed by atoms with Crippen LogP contribution in [0.15, 0.2) is 18.2 Å². The van der Waals surface area contributed by atoms with Crippen molar-refractivity contribution in [2.45, 2.75) is 25.8 Å². The van der Waals surface area contributed by atoms with E-state index in [2.05, 4.69) is 4.90 Å². The van der Waals surface area contributed by atoms with E-state index >= 15 is 0 Å². The van der Waals surface area contributed by atoms with Crippen molar-refractivity contribution in [3.8, 4) is 0 Å². The molecule has 0 aromatic heterocycles. The van der Waals surface area contributed by atoms with Gasteiger partial charge in [0.2, 0.25) is 0 Å². The molecule has 0 spiro atoms. The second-order valence-electron chi connectivity index (χ2n) is 5.77. The molecule has 0 saturated carbocycles. The first-order valence-corrected chi connectivity index (χ1v) is 6.81. The van der Waals surface area contributed by atoms with Crippen molar-refractivity contribution in [1.82, 2.24) is 4.90 Å². The van der Waals surface area contributed by atoms with Crippen LogP contribution in [0, 0.1) is 17.7 Å². The maximum absolute atomic E-state index is 13.2. The van der Waals surface area contributed by atoms with Crippen molar-refractivity contribution >= 4 is 5.97 Å². The molecule has 1 aromatic rings. The second-order valence-corrected chi connectivity index (χ2v) is 5.77. The average molecular weight is 263 g/mol. The molecule has 1 N–H and O–H groups in total. The van der Waals surface area contributed by atoms with Crippen molar-refractivity contribution in [1.29, 1.82) is 0 Å². The summed E-state index contributed by atoms with van der Waals surface area (Å²) in [6.45, 7) is 3.43. The molecule has 3 rings (SSSR count). The Bertz CT molecular complexity index is 517. The number of halogens is 1. The maximum atomic E-state index is 13.2. The summed E-state index contributed by atoms with van der Waals surface area (Å²) in [5.74, 6) is -0.976. The van der Waals surface area contributed by atoms with Crippen molar-refractivity contribution in [2.24, 2.45) is 11.8 Å². The molecule has 102 valence electrons. The molecule has 19 heavy (non-hydrogen) atoms. The summed E-state index contributed by atoms with van der Waals surface area (Å²) in [5, 5.41) is 9.20. The van der Waals surface area contributed by atoms with Crippen LogP contribution in [-0.2, 0) is 11.2 Å². The summed E-state index contributed by atoms with van der Waals surface area (Å²) in [4.78, 5) is 13.4. The smallest absolute Gasteiger partial charge is 0.308 e. The zero-order valence-electron chi connectivity index (χ0n) is 11.0. The summed E-state index contributed by atoms with van der Waals surface area (Å²) in [5.41, 5.74) is 2.26. The lowest BCUT2D eigenvalue weighted by molar-refractivity contribution is -0.142. The zero-order chi connectivity index (χ0) is 13.6. The van der Waals surface area contributed by atoms with E-state index in [1.807, 2.05) is 13.0 Å². The first-order chi connectivity index (χ1) is 9.06. The molecule has 1 aromatic carbocycles. The van der Waals surface area contributed by atoms with Crippen molar-refractivity contribution in [3.63, 3.8) is 0 Å². The average Bonchev–Trinajstić information content (AvgIpc) is 2.91. The van der Waals surface area contributed by atoms with E-state index < -0.39 is 5.97 Å². The Kier molecular flexibility index (Phi) is 3.05. The minimum atomic E-state index is -0.702. The topological polar surface area (TPSA) is 40.5 Å². The van der Waals surface area contributed by atoms with Crippen molar-refractivity contribution in [2.75, 3.05) is 13.1 Å². The van der Waals surface area contributed by atoms with Gasteiger partial charge in [0.25, 0.3) is 0 Å². The summed E-state index contributed by atoms with van der Waals surface area (Å²) in [7, 11) is 0. The van der Waals surface area contributed by atoms with Crippen LogP contribution in [-0.4, -0.2) is 29.1 Å². The number of fused-ring (bicyclic) bond motifs is 1. The van der Waals surface area contributed by atoms with E-state index in [1.165, 1.54) is 11.6 Å². The van der Waals surface area contributed by atoms with Crippen LogP contribution in [0.25, 0.3) is 0 Å². The Hall–Kier alpha value is -1.42. The molecule has 0 radical (unpaired) electrons. The quantitative estimate of drug-likeness (QED) is 0.891. The predicted molar refractivity (Wildman–Crippen MR) is 69.3 cm³/mol. The van der Waals surface area contributed by atoms with E-state index in [0.717, 1.165) is 24.9 Å². The number of hydrogen-bond donors (Lipinski definition) is 1.